The molecule has 9 heavy (non-hydrogen) atoms. The quantitative estimate of drug-likeness (QED) is 0.461. The van der Waals surface area contributed by atoms with Crippen LogP contribution in [0.25, 0.3) is 0 Å². The number of halogens is 1. The van der Waals surface area contributed by atoms with E-state index in [2.05, 4.69) is 13.8 Å². The molecule has 0 aromatic carbocycles. The molecule has 0 heterocycles. The molecule has 1 saturated carbocycles. The van der Waals surface area contributed by atoms with Gasteiger partial charge >= 0.3 is 0 Å². The van der Waals surface area contributed by atoms with E-state index >= 15 is 0 Å². The Morgan fingerprint density at radius 3 is 2.33 bits per heavy atom. The second-order valence-electron chi connectivity index (χ2n) is 3.70. The predicted octanol–water partition coefficient (Wildman–Crippen LogP) is 3.19. The van der Waals surface area contributed by atoms with E-state index in [9.17, 15) is 0 Å². The molecule has 1 aliphatic rings. The maximum absolute atomic E-state index is 6.11. The van der Waals surface area contributed by atoms with Gasteiger partial charge in [0.05, 0.1) is 0 Å². The van der Waals surface area contributed by atoms with Gasteiger partial charge in [0.25, 0.3) is 0 Å². The highest BCUT2D eigenvalue weighted by Crippen LogP contribution is 2.38. The van der Waals surface area contributed by atoms with Crippen LogP contribution < -0.4 is 0 Å². The Bertz CT molecular complexity index is 96.7. The molecule has 0 amide bonds. The van der Waals surface area contributed by atoms with E-state index in [1.807, 2.05) is 0 Å². The smallest absolute Gasteiger partial charge is 0.0387 e. The summed E-state index contributed by atoms with van der Waals surface area (Å²) in [5.74, 6) is 0. The van der Waals surface area contributed by atoms with Crippen LogP contribution in [-0.4, -0.2) is 5.38 Å². The molecular weight excluding hydrogens is 132 g/mol. The van der Waals surface area contributed by atoms with Crippen LogP contribution in [0.4, 0.5) is 0 Å². The van der Waals surface area contributed by atoms with Crippen molar-refractivity contribution < 1.29 is 0 Å². The second kappa shape index (κ2) is 2.49. The van der Waals surface area contributed by atoms with E-state index in [4.69, 9.17) is 11.6 Å². The van der Waals surface area contributed by atoms with Gasteiger partial charge < -0.3 is 0 Å². The highest BCUT2D eigenvalue weighted by Gasteiger charge is 2.29. The van der Waals surface area contributed by atoms with Crippen LogP contribution in [0.2, 0.25) is 0 Å². The van der Waals surface area contributed by atoms with Crippen LogP contribution in [0.15, 0.2) is 0 Å². The average molecular weight is 147 g/mol. The average Bonchev–Trinajstić information content (AvgIpc) is 1.77. The number of hydrogen-bond acceptors (Lipinski definition) is 0. The lowest BCUT2D eigenvalue weighted by atomic mass is 9.77. The van der Waals surface area contributed by atoms with Crippen molar-refractivity contribution in [3.05, 3.63) is 0 Å². The van der Waals surface area contributed by atoms with Crippen molar-refractivity contribution in [1.29, 1.82) is 0 Å². The molecule has 54 valence electrons. The summed E-state index contributed by atoms with van der Waals surface area (Å²) in [5, 5.41) is 0.422. The molecule has 0 spiro atoms. The van der Waals surface area contributed by atoms with Gasteiger partial charge in [-0.15, -0.1) is 11.6 Å². The normalized spacial score (nSPS) is 34.3. The molecule has 0 saturated heterocycles. The Kier molecular flexibility index (Phi) is 2.05. The van der Waals surface area contributed by atoms with Crippen molar-refractivity contribution in [2.24, 2.45) is 5.41 Å². The van der Waals surface area contributed by atoms with Crippen molar-refractivity contribution in [1.82, 2.24) is 0 Å². The SMILES string of the molecule is CC1(C)CCCC[C@@H]1Cl. The first-order valence-corrected chi connectivity index (χ1v) is 4.21. The van der Waals surface area contributed by atoms with E-state index in [-0.39, 0.29) is 0 Å². The molecule has 0 N–H and O–H groups in total. The number of hydrogen-bond donors (Lipinski definition) is 0. The highest BCUT2D eigenvalue weighted by atomic mass is 35.5. The zero-order chi connectivity index (χ0) is 6.91. The molecule has 0 aliphatic heterocycles. The summed E-state index contributed by atoms with van der Waals surface area (Å²) in [6.07, 6.45) is 5.23. The van der Waals surface area contributed by atoms with Crippen molar-refractivity contribution >= 4 is 11.6 Å². The van der Waals surface area contributed by atoms with Crippen molar-refractivity contribution in [3.63, 3.8) is 0 Å². The molecule has 1 rings (SSSR count). The first-order valence-electron chi connectivity index (χ1n) is 3.77. The largest absolute Gasteiger partial charge is 0.122 e. The molecular formula is C8H15Cl. The summed E-state index contributed by atoms with van der Waals surface area (Å²) >= 11 is 6.11. The third kappa shape index (κ3) is 1.61. The molecule has 0 aromatic rings. The van der Waals surface area contributed by atoms with Crippen LogP contribution in [0.5, 0.6) is 0 Å². The van der Waals surface area contributed by atoms with Gasteiger partial charge in [0, 0.05) is 5.38 Å². The Morgan fingerprint density at radius 2 is 2.00 bits per heavy atom. The van der Waals surface area contributed by atoms with Crippen LogP contribution in [-0.2, 0) is 0 Å². The molecule has 0 bridgehead atoms. The topological polar surface area (TPSA) is 0 Å². The maximum atomic E-state index is 6.11. The van der Waals surface area contributed by atoms with Crippen molar-refractivity contribution in [2.75, 3.05) is 0 Å². The summed E-state index contributed by atoms with van der Waals surface area (Å²) in [5.41, 5.74) is 0.403. The molecule has 0 aromatic heterocycles. The zero-order valence-corrected chi connectivity index (χ0v) is 7.04. The Morgan fingerprint density at radius 1 is 1.33 bits per heavy atom. The zero-order valence-electron chi connectivity index (χ0n) is 6.28. The van der Waals surface area contributed by atoms with Crippen LogP contribution in [0.3, 0.4) is 0 Å². The molecule has 1 aliphatic carbocycles. The van der Waals surface area contributed by atoms with Gasteiger partial charge in [-0.1, -0.05) is 26.7 Å². The van der Waals surface area contributed by atoms with Gasteiger partial charge in [0.1, 0.15) is 0 Å². The standard InChI is InChI=1S/C8H15Cl/c1-8(2)6-4-3-5-7(8)9/h7H,3-6H2,1-2H3/t7-/m0/s1. The van der Waals surface area contributed by atoms with E-state index < -0.39 is 0 Å². The summed E-state index contributed by atoms with van der Waals surface area (Å²) in [6, 6.07) is 0. The monoisotopic (exact) mass is 146 g/mol. The summed E-state index contributed by atoms with van der Waals surface area (Å²) in [7, 11) is 0. The minimum absolute atomic E-state index is 0.403. The minimum Gasteiger partial charge on any atom is -0.122 e. The van der Waals surface area contributed by atoms with Gasteiger partial charge in [-0.25, -0.2) is 0 Å². The lowest BCUT2D eigenvalue weighted by Crippen LogP contribution is -2.28. The van der Waals surface area contributed by atoms with E-state index in [0.717, 1.165) is 0 Å². The summed E-state index contributed by atoms with van der Waals surface area (Å²) in [6.45, 7) is 4.54. The van der Waals surface area contributed by atoms with Crippen LogP contribution in [0.1, 0.15) is 39.5 Å². The van der Waals surface area contributed by atoms with Crippen molar-refractivity contribution in [2.45, 2.75) is 44.9 Å². The minimum atomic E-state index is 0.403. The lowest BCUT2D eigenvalue weighted by Gasteiger charge is -2.34. The second-order valence-corrected chi connectivity index (χ2v) is 4.23. The molecule has 1 atom stereocenters. The van der Waals surface area contributed by atoms with E-state index in [1.165, 1.54) is 25.7 Å². The molecule has 0 nitrogen and oxygen atoms in total. The molecule has 0 radical (unpaired) electrons. The van der Waals surface area contributed by atoms with Crippen molar-refractivity contribution in [3.8, 4) is 0 Å². The number of rotatable bonds is 0. The van der Waals surface area contributed by atoms with E-state index in [0.29, 0.717) is 10.8 Å². The molecule has 1 fully saturated rings. The van der Waals surface area contributed by atoms with Gasteiger partial charge in [0.2, 0.25) is 0 Å². The summed E-state index contributed by atoms with van der Waals surface area (Å²) in [4.78, 5) is 0. The van der Waals surface area contributed by atoms with Gasteiger partial charge in [0.15, 0.2) is 0 Å². The van der Waals surface area contributed by atoms with Gasteiger partial charge in [-0.2, -0.15) is 0 Å². The van der Waals surface area contributed by atoms with Gasteiger partial charge in [-0.3, -0.25) is 0 Å². The first-order chi connectivity index (χ1) is 4.13. The maximum Gasteiger partial charge on any atom is 0.0387 e. The Hall–Kier alpha value is 0.290. The summed E-state index contributed by atoms with van der Waals surface area (Å²) < 4.78 is 0. The number of alkyl halides is 1. The Balaban J connectivity index is 2.49. The molecule has 0 unspecified atom stereocenters. The third-order valence-corrected chi connectivity index (χ3v) is 3.19. The fourth-order valence-corrected chi connectivity index (χ4v) is 1.71. The highest BCUT2D eigenvalue weighted by molar-refractivity contribution is 6.21. The fourth-order valence-electron chi connectivity index (χ4n) is 1.45. The van der Waals surface area contributed by atoms with Crippen LogP contribution >= 0.6 is 11.6 Å². The predicted molar refractivity (Wildman–Crippen MR) is 41.9 cm³/mol. The third-order valence-electron chi connectivity index (χ3n) is 2.38. The lowest BCUT2D eigenvalue weighted by molar-refractivity contribution is 0.252. The van der Waals surface area contributed by atoms with E-state index in [1.54, 1.807) is 0 Å². The van der Waals surface area contributed by atoms with Gasteiger partial charge in [-0.05, 0) is 18.3 Å². The Labute approximate surface area is 62.6 Å². The first kappa shape index (κ1) is 7.40. The fraction of sp³-hybridized carbons (Fsp3) is 1.00. The molecule has 1 heteroatoms. The van der Waals surface area contributed by atoms with Crippen LogP contribution in [0, 0.1) is 5.41 Å².